The van der Waals surface area contributed by atoms with Gasteiger partial charge in [0, 0.05) is 6.54 Å². The Morgan fingerprint density at radius 3 is 2.90 bits per heavy atom. The molecule has 108 valence electrons. The van der Waals surface area contributed by atoms with Crippen LogP contribution in [0.1, 0.15) is 36.9 Å². The van der Waals surface area contributed by atoms with E-state index < -0.39 is 18.1 Å². The lowest BCUT2D eigenvalue weighted by molar-refractivity contribution is -0.142. The van der Waals surface area contributed by atoms with Gasteiger partial charge in [-0.3, -0.25) is 4.79 Å². The van der Waals surface area contributed by atoms with Crippen LogP contribution in [0.3, 0.4) is 0 Å². The highest BCUT2D eigenvalue weighted by Crippen LogP contribution is 2.22. The summed E-state index contributed by atoms with van der Waals surface area (Å²) in [5.41, 5.74) is 2.09. The first kappa shape index (κ1) is 14.5. The summed E-state index contributed by atoms with van der Waals surface area (Å²) < 4.78 is 0. The highest BCUT2D eigenvalue weighted by molar-refractivity contribution is 5.88. The summed E-state index contributed by atoms with van der Waals surface area (Å²) in [4.78, 5) is 23.4. The molecule has 1 aliphatic rings. The zero-order valence-corrected chi connectivity index (χ0v) is 11.6. The Morgan fingerprint density at radius 1 is 1.45 bits per heavy atom. The number of hydrogen-bond acceptors (Lipinski definition) is 3. The Balaban J connectivity index is 2.12. The van der Waals surface area contributed by atoms with Crippen LogP contribution in [-0.2, 0) is 16.0 Å². The van der Waals surface area contributed by atoms with Gasteiger partial charge < -0.3 is 15.7 Å². The van der Waals surface area contributed by atoms with Gasteiger partial charge in [0.2, 0.25) is 5.91 Å². The lowest BCUT2D eigenvalue weighted by Gasteiger charge is -2.27. The molecule has 0 saturated carbocycles. The van der Waals surface area contributed by atoms with Crippen molar-refractivity contribution in [2.45, 2.75) is 38.3 Å². The molecule has 0 bridgehead atoms. The number of fused-ring (bicyclic) bond motifs is 1. The van der Waals surface area contributed by atoms with Crippen molar-refractivity contribution in [3.63, 3.8) is 0 Å². The van der Waals surface area contributed by atoms with Crippen LogP contribution < -0.4 is 10.6 Å². The van der Waals surface area contributed by atoms with Crippen molar-refractivity contribution in [3.05, 3.63) is 35.4 Å². The van der Waals surface area contributed by atoms with Crippen LogP contribution in [0.5, 0.6) is 0 Å². The van der Waals surface area contributed by atoms with E-state index in [-0.39, 0.29) is 5.91 Å². The maximum Gasteiger partial charge on any atom is 0.326 e. The van der Waals surface area contributed by atoms with E-state index >= 15 is 0 Å². The third kappa shape index (κ3) is 3.17. The third-order valence-corrected chi connectivity index (χ3v) is 3.56. The van der Waals surface area contributed by atoms with Gasteiger partial charge in [0.05, 0.1) is 0 Å². The molecule has 20 heavy (non-hydrogen) atoms. The summed E-state index contributed by atoms with van der Waals surface area (Å²) in [6.45, 7) is 2.62. The largest absolute Gasteiger partial charge is 0.480 e. The number of nitrogens with one attached hydrogen (secondary N) is 2. The van der Waals surface area contributed by atoms with Crippen LogP contribution in [0.2, 0.25) is 0 Å². The minimum Gasteiger partial charge on any atom is -0.480 e. The fraction of sp³-hybridized carbons (Fsp3) is 0.467. The molecule has 0 aromatic heterocycles. The third-order valence-electron chi connectivity index (χ3n) is 3.56. The van der Waals surface area contributed by atoms with Crippen molar-refractivity contribution in [2.24, 2.45) is 0 Å². The number of carboxylic acid groups (broad SMARTS) is 1. The molecule has 0 saturated heterocycles. The van der Waals surface area contributed by atoms with Crippen molar-refractivity contribution < 1.29 is 14.7 Å². The SMILES string of the molecule is CCCC(NC(=O)C1NCCc2ccccc21)C(=O)O. The molecule has 2 unspecified atom stereocenters. The van der Waals surface area contributed by atoms with E-state index in [1.807, 2.05) is 31.2 Å². The lowest BCUT2D eigenvalue weighted by Crippen LogP contribution is -2.47. The highest BCUT2D eigenvalue weighted by atomic mass is 16.4. The molecule has 2 atom stereocenters. The predicted octanol–water partition coefficient (Wildman–Crippen LogP) is 1.24. The maximum absolute atomic E-state index is 12.3. The molecule has 1 aromatic rings. The van der Waals surface area contributed by atoms with E-state index in [4.69, 9.17) is 5.11 Å². The Bertz CT molecular complexity index is 502. The summed E-state index contributed by atoms with van der Waals surface area (Å²) in [5, 5.41) is 14.9. The second-order valence-corrected chi connectivity index (χ2v) is 5.02. The van der Waals surface area contributed by atoms with Gasteiger partial charge in [-0.1, -0.05) is 37.6 Å². The van der Waals surface area contributed by atoms with Gasteiger partial charge in [-0.05, 0) is 24.0 Å². The zero-order chi connectivity index (χ0) is 14.5. The Morgan fingerprint density at radius 2 is 2.20 bits per heavy atom. The first-order chi connectivity index (χ1) is 9.63. The van der Waals surface area contributed by atoms with E-state index in [1.165, 1.54) is 0 Å². The number of benzene rings is 1. The van der Waals surface area contributed by atoms with E-state index in [2.05, 4.69) is 10.6 Å². The molecule has 1 heterocycles. The summed E-state index contributed by atoms with van der Waals surface area (Å²) in [5.74, 6) is -1.25. The van der Waals surface area contributed by atoms with Crippen molar-refractivity contribution in [3.8, 4) is 0 Å². The van der Waals surface area contributed by atoms with Gasteiger partial charge in [0.25, 0.3) is 0 Å². The molecule has 0 aliphatic carbocycles. The number of carbonyl (C=O) groups excluding carboxylic acids is 1. The fourth-order valence-corrected chi connectivity index (χ4v) is 2.54. The number of hydrogen-bond donors (Lipinski definition) is 3. The molecule has 1 amide bonds. The Labute approximate surface area is 118 Å². The molecule has 0 radical (unpaired) electrons. The minimum absolute atomic E-state index is 0.266. The summed E-state index contributed by atoms with van der Waals surface area (Å²) in [6.07, 6.45) is 2.04. The van der Waals surface area contributed by atoms with Crippen LogP contribution in [0.4, 0.5) is 0 Å². The fourth-order valence-electron chi connectivity index (χ4n) is 2.54. The number of amides is 1. The molecule has 5 heteroatoms. The van der Waals surface area contributed by atoms with Crippen LogP contribution >= 0.6 is 0 Å². The van der Waals surface area contributed by atoms with Crippen LogP contribution in [-0.4, -0.2) is 29.6 Å². The average molecular weight is 276 g/mol. The van der Waals surface area contributed by atoms with Crippen LogP contribution in [0.25, 0.3) is 0 Å². The molecular weight excluding hydrogens is 256 g/mol. The first-order valence-corrected chi connectivity index (χ1v) is 6.98. The second-order valence-electron chi connectivity index (χ2n) is 5.02. The van der Waals surface area contributed by atoms with Crippen molar-refractivity contribution >= 4 is 11.9 Å². The molecule has 0 fully saturated rings. The normalized spacial score (nSPS) is 18.9. The second kappa shape index (κ2) is 6.52. The molecular formula is C15H20N2O3. The van der Waals surface area contributed by atoms with E-state index in [0.717, 1.165) is 24.1 Å². The maximum atomic E-state index is 12.3. The molecule has 0 spiro atoms. The topological polar surface area (TPSA) is 78.4 Å². The van der Waals surface area contributed by atoms with Crippen molar-refractivity contribution in [2.75, 3.05) is 6.54 Å². The number of carbonyl (C=O) groups is 2. The summed E-state index contributed by atoms with van der Waals surface area (Å²) >= 11 is 0. The highest BCUT2D eigenvalue weighted by Gasteiger charge is 2.28. The molecule has 1 aliphatic heterocycles. The minimum atomic E-state index is -0.982. The molecule has 2 rings (SSSR count). The monoisotopic (exact) mass is 276 g/mol. The van der Waals surface area contributed by atoms with E-state index in [9.17, 15) is 9.59 Å². The quantitative estimate of drug-likeness (QED) is 0.756. The zero-order valence-electron chi connectivity index (χ0n) is 11.6. The molecule has 1 aromatic carbocycles. The van der Waals surface area contributed by atoms with Gasteiger partial charge in [-0.15, -0.1) is 0 Å². The smallest absolute Gasteiger partial charge is 0.326 e. The molecule has 3 N–H and O–H groups in total. The van der Waals surface area contributed by atoms with E-state index in [1.54, 1.807) is 0 Å². The Kier molecular flexibility index (Phi) is 4.74. The average Bonchev–Trinajstić information content (AvgIpc) is 2.46. The summed E-state index contributed by atoms with van der Waals surface area (Å²) in [6, 6.07) is 6.50. The van der Waals surface area contributed by atoms with Crippen LogP contribution in [0.15, 0.2) is 24.3 Å². The van der Waals surface area contributed by atoms with Crippen LogP contribution in [0, 0.1) is 0 Å². The van der Waals surface area contributed by atoms with Gasteiger partial charge in [-0.2, -0.15) is 0 Å². The first-order valence-electron chi connectivity index (χ1n) is 6.98. The number of carboxylic acids is 1. The van der Waals surface area contributed by atoms with Gasteiger partial charge in [-0.25, -0.2) is 4.79 Å². The predicted molar refractivity (Wildman–Crippen MR) is 75.4 cm³/mol. The number of aliphatic carboxylic acids is 1. The van der Waals surface area contributed by atoms with Gasteiger partial charge >= 0.3 is 5.97 Å². The van der Waals surface area contributed by atoms with E-state index in [0.29, 0.717) is 12.8 Å². The van der Waals surface area contributed by atoms with Gasteiger partial charge in [0.15, 0.2) is 0 Å². The van der Waals surface area contributed by atoms with Gasteiger partial charge in [0.1, 0.15) is 12.1 Å². The lowest BCUT2D eigenvalue weighted by atomic mass is 9.93. The van der Waals surface area contributed by atoms with Crippen molar-refractivity contribution in [1.29, 1.82) is 0 Å². The molecule has 5 nitrogen and oxygen atoms in total. The Hall–Kier alpha value is -1.88. The summed E-state index contributed by atoms with van der Waals surface area (Å²) in [7, 11) is 0. The van der Waals surface area contributed by atoms with Crippen molar-refractivity contribution in [1.82, 2.24) is 10.6 Å². The standard InChI is InChI=1S/C15H20N2O3/c1-2-5-12(15(19)20)17-14(18)13-11-7-4-3-6-10(11)8-9-16-13/h3-4,6-7,12-13,16H,2,5,8-9H2,1H3,(H,17,18)(H,19,20). The number of rotatable bonds is 5.